The van der Waals surface area contributed by atoms with Crippen LogP contribution < -0.4 is 31.0 Å². The molecule has 2 aromatic carbocycles. The number of benzene rings is 2. The topological polar surface area (TPSA) is 44.3 Å². The lowest BCUT2D eigenvalue weighted by Crippen LogP contribution is -3.00. The molecule has 0 fully saturated rings. The Balaban J connectivity index is 0.00000210. The van der Waals surface area contributed by atoms with Crippen molar-refractivity contribution >= 4 is 16.8 Å². The van der Waals surface area contributed by atoms with Gasteiger partial charge in [0.2, 0.25) is 5.78 Å². The highest BCUT2D eigenvalue weighted by molar-refractivity contribution is 5.96. The van der Waals surface area contributed by atoms with Crippen molar-refractivity contribution in [2.45, 2.75) is 20.0 Å². The first-order chi connectivity index (χ1) is 12.6. The van der Waals surface area contributed by atoms with E-state index in [0.717, 1.165) is 4.57 Å². The summed E-state index contributed by atoms with van der Waals surface area (Å²) in [5.41, 5.74) is 1.45. The lowest BCUT2D eigenvalue weighted by molar-refractivity contribution is -0.664. The van der Waals surface area contributed by atoms with Crippen LogP contribution in [0.2, 0.25) is 0 Å². The van der Waals surface area contributed by atoms with Crippen molar-refractivity contribution in [1.82, 2.24) is 4.57 Å². The Kier molecular flexibility index (Phi) is 5.46. The number of alkyl halides is 2. The Labute approximate surface area is 164 Å². The van der Waals surface area contributed by atoms with Crippen molar-refractivity contribution in [2.24, 2.45) is 0 Å². The number of ketones is 1. The van der Waals surface area contributed by atoms with Gasteiger partial charge in [-0.2, -0.15) is 13.3 Å². The maximum absolute atomic E-state index is 13.5. The summed E-state index contributed by atoms with van der Waals surface area (Å²) in [6, 6.07) is 11.8. The first-order valence-corrected chi connectivity index (χ1v) is 8.26. The van der Waals surface area contributed by atoms with Gasteiger partial charge in [0.15, 0.2) is 29.1 Å². The summed E-state index contributed by atoms with van der Waals surface area (Å²) in [4.78, 5) is 12.8. The summed E-state index contributed by atoms with van der Waals surface area (Å²) in [5, 5.41) is 0. The predicted molar refractivity (Wildman–Crippen MR) is 89.9 cm³/mol. The number of ether oxygens (including phenoxy) is 2. The van der Waals surface area contributed by atoms with Crippen LogP contribution in [0.25, 0.3) is 11.0 Å². The van der Waals surface area contributed by atoms with Gasteiger partial charge in [0, 0.05) is 12.5 Å². The molecule has 1 aliphatic rings. The van der Waals surface area contributed by atoms with Gasteiger partial charge in [-0.3, -0.25) is 4.79 Å². The van der Waals surface area contributed by atoms with Gasteiger partial charge in [0.25, 0.3) is 5.82 Å². The molecule has 0 bridgehead atoms. The van der Waals surface area contributed by atoms with Crippen LogP contribution in [0, 0.1) is 6.92 Å². The molecule has 0 radical (unpaired) electrons. The highest BCUT2D eigenvalue weighted by Gasteiger charge is 2.28. The molecule has 27 heavy (non-hydrogen) atoms. The summed E-state index contributed by atoms with van der Waals surface area (Å²) < 4.78 is 40.4. The lowest BCUT2D eigenvalue weighted by atomic mass is 10.1. The summed E-state index contributed by atoms with van der Waals surface area (Å²) in [6.45, 7) is -0.219. The molecule has 4 rings (SSSR count). The number of nitrogens with zero attached hydrogens (tertiary/aromatic N) is 2. The van der Waals surface area contributed by atoms with E-state index in [0.29, 0.717) is 47.1 Å². The molecule has 3 aromatic rings. The molecule has 8 heteroatoms. The van der Waals surface area contributed by atoms with Crippen LogP contribution in [-0.4, -0.2) is 23.6 Å². The first kappa shape index (κ1) is 19.3. The average Bonchev–Trinajstić information content (AvgIpc) is 2.93. The molecule has 0 saturated carbocycles. The summed E-state index contributed by atoms with van der Waals surface area (Å²) >= 11 is 0. The minimum Gasteiger partial charge on any atom is -1.00 e. The molecule has 0 unspecified atom stereocenters. The van der Waals surface area contributed by atoms with E-state index in [1.165, 1.54) is 0 Å². The molecule has 0 saturated heterocycles. The molecule has 142 valence electrons. The smallest absolute Gasteiger partial charge is 0.387 e. The maximum atomic E-state index is 13.5. The maximum Gasteiger partial charge on any atom is 0.387 e. The zero-order valence-electron chi connectivity index (χ0n) is 14.5. The molecule has 0 aliphatic carbocycles. The number of imidazole rings is 1. The van der Waals surface area contributed by atoms with Gasteiger partial charge >= 0.3 is 6.55 Å². The van der Waals surface area contributed by atoms with Crippen molar-refractivity contribution in [1.29, 1.82) is 0 Å². The van der Waals surface area contributed by atoms with E-state index in [-0.39, 0.29) is 29.3 Å². The van der Waals surface area contributed by atoms with Crippen molar-refractivity contribution in [3.8, 4) is 11.5 Å². The molecule has 1 aromatic heterocycles. The van der Waals surface area contributed by atoms with Crippen molar-refractivity contribution in [2.75, 3.05) is 13.2 Å². The van der Waals surface area contributed by atoms with Gasteiger partial charge in [0.05, 0.1) is 0 Å². The Morgan fingerprint density at radius 2 is 1.85 bits per heavy atom. The van der Waals surface area contributed by atoms with Crippen LogP contribution in [0.5, 0.6) is 11.5 Å². The van der Waals surface area contributed by atoms with Crippen LogP contribution >= 0.6 is 0 Å². The van der Waals surface area contributed by atoms with Crippen molar-refractivity contribution < 1.29 is 44.6 Å². The Bertz CT molecular complexity index is 1000. The molecular formula is C19H17BrF2N2O3. The number of hydrogen-bond acceptors (Lipinski definition) is 3. The Hall–Kier alpha value is -2.48. The van der Waals surface area contributed by atoms with Crippen molar-refractivity contribution in [3.05, 3.63) is 53.9 Å². The monoisotopic (exact) mass is 438 g/mol. The second-order valence-electron chi connectivity index (χ2n) is 6.05. The first-order valence-electron chi connectivity index (χ1n) is 8.26. The van der Waals surface area contributed by atoms with E-state index >= 15 is 0 Å². The standard InChI is InChI=1S/C19H17F2N2O3.BrH/c1-12-22(14-4-2-3-5-15(14)23(12)19(20)21)11-16(24)13-6-7-17-18(10-13)26-9-8-25-17;/h2-7,10,19H,8-9,11H2,1H3;1H/q+1;/p-1. The van der Waals surface area contributed by atoms with E-state index in [2.05, 4.69) is 0 Å². The van der Waals surface area contributed by atoms with E-state index in [4.69, 9.17) is 9.47 Å². The second-order valence-corrected chi connectivity index (χ2v) is 6.05. The number of aromatic nitrogens is 2. The van der Waals surface area contributed by atoms with Gasteiger partial charge in [0.1, 0.15) is 13.2 Å². The molecular weight excluding hydrogens is 422 g/mol. The summed E-state index contributed by atoms with van der Waals surface area (Å²) in [5.74, 6) is 1.27. The summed E-state index contributed by atoms with van der Waals surface area (Å²) in [6.07, 6.45) is 0. The third-order valence-corrected chi connectivity index (χ3v) is 4.53. The fourth-order valence-electron chi connectivity index (χ4n) is 3.27. The fourth-order valence-corrected chi connectivity index (χ4v) is 3.27. The minimum absolute atomic E-state index is 0. The van der Waals surface area contributed by atoms with E-state index in [1.807, 2.05) is 0 Å². The second kappa shape index (κ2) is 7.64. The van der Waals surface area contributed by atoms with Gasteiger partial charge in [-0.05, 0) is 30.3 Å². The van der Waals surface area contributed by atoms with Gasteiger partial charge in [-0.1, -0.05) is 12.1 Å². The molecule has 1 aliphatic heterocycles. The van der Waals surface area contributed by atoms with Gasteiger partial charge in [-0.15, -0.1) is 0 Å². The lowest BCUT2D eigenvalue weighted by Gasteiger charge is -2.18. The highest BCUT2D eigenvalue weighted by Crippen LogP contribution is 2.31. The summed E-state index contributed by atoms with van der Waals surface area (Å²) in [7, 11) is 0. The SMILES string of the molecule is Cc1n(C(F)F)c2ccccc2[n+]1CC(=O)c1ccc2c(c1)OCCO2.[Br-]. The van der Waals surface area contributed by atoms with E-state index in [1.54, 1.807) is 54.0 Å². The van der Waals surface area contributed by atoms with Gasteiger partial charge < -0.3 is 26.5 Å². The third-order valence-electron chi connectivity index (χ3n) is 4.53. The predicted octanol–water partition coefficient (Wildman–Crippen LogP) is 0.290. The molecule has 0 atom stereocenters. The number of carbonyl (C=O) groups is 1. The average molecular weight is 439 g/mol. The minimum atomic E-state index is -2.68. The number of Topliss-reactive ketones (excluding diaryl/α,β-unsaturated/α-hetero) is 1. The zero-order valence-corrected chi connectivity index (χ0v) is 16.1. The molecule has 5 nitrogen and oxygen atoms in total. The number of hydrogen-bond donors (Lipinski definition) is 0. The van der Waals surface area contributed by atoms with Crippen LogP contribution in [0.4, 0.5) is 8.78 Å². The largest absolute Gasteiger partial charge is 1.00 e. The van der Waals surface area contributed by atoms with Gasteiger partial charge in [-0.25, -0.2) is 4.57 Å². The quantitative estimate of drug-likeness (QED) is 0.434. The van der Waals surface area contributed by atoms with Crippen molar-refractivity contribution in [3.63, 3.8) is 0 Å². The van der Waals surface area contributed by atoms with E-state index in [9.17, 15) is 13.6 Å². The number of fused-ring (bicyclic) bond motifs is 2. The normalized spacial score (nSPS) is 12.9. The highest BCUT2D eigenvalue weighted by atomic mass is 79.9. The number of para-hydroxylation sites is 2. The molecule has 0 spiro atoms. The third kappa shape index (κ3) is 3.41. The van der Waals surface area contributed by atoms with Crippen LogP contribution in [0.15, 0.2) is 42.5 Å². The number of carbonyl (C=O) groups excluding carboxylic acids is 1. The zero-order chi connectivity index (χ0) is 18.3. The fraction of sp³-hybridized carbons (Fsp3) is 0.263. The number of halogens is 3. The molecule has 0 N–H and O–H groups in total. The molecule has 0 amide bonds. The molecule has 2 heterocycles. The number of rotatable bonds is 4. The van der Waals surface area contributed by atoms with Crippen LogP contribution in [-0.2, 0) is 6.54 Å². The van der Waals surface area contributed by atoms with E-state index < -0.39 is 6.55 Å². The Morgan fingerprint density at radius 1 is 1.15 bits per heavy atom. The van der Waals surface area contributed by atoms with Crippen LogP contribution in [0.3, 0.4) is 0 Å². The Morgan fingerprint density at radius 3 is 2.59 bits per heavy atom. The van der Waals surface area contributed by atoms with Crippen LogP contribution in [0.1, 0.15) is 22.7 Å².